The number of nitrogens with one attached hydrogen (secondary N) is 4. The van der Waals surface area contributed by atoms with Gasteiger partial charge in [0.2, 0.25) is 11.8 Å². The highest BCUT2D eigenvalue weighted by Crippen LogP contribution is 2.26. The summed E-state index contributed by atoms with van der Waals surface area (Å²) < 4.78 is 16.0. The second kappa shape index (κ2) is 17.2. The number of carbonyl (C=O) groups excluding carboxylic acids is 5. The molecular formula is C34H48N4O9. The highest BCUT2D eigenvalue weighted by atomic mass is 16.6. The molecule has 0 spiro atoms. The van der Waals surface area contributed by atoms with Gasteiger partial charge in [0.1, 0.15) is 29.6 Å². The number of amides is 4. The summed E-state index contributed by atoms with van der Waals surface area (Å²) in [7, 11) is 0. The Labute approximate surface area is 276 Å². The molecule has 13 heteroatoms. The molecule has 0 saturated carbocycles. The van der Waals surface area contributed by atoms with Crippen molar-refractivity contribution in [1.82, 2.24) is 16.0 Å². The second-order valence-electron chi connectivity index (χ2n) is 13.3. The Morgan fingerprint density at radius 1 is 0.809 bits per heavy atom. The number of ether oxygens (including phenoxy) is 3. The predicted octanol–water partition coefficient (Wildman–Crippen LogP) is 4.57. The highest BCUT2D eigenvalue weighted by Gasteiger charge is 2.27. The first-order chi connectivity index (χ1) is 21.8. The van der Waals surface area contributed by atoms with Crippen molar-refractivity contribution in [2.24, 2.45) is 5.92 Å². The first-order valence-electron chi connectivity index (χ1n) is 15.4. The van der Waals surface area contributed by atoms with Gasteiger partial charge >= 0.3 is 18.2 Å². The van der Waals surface area contributed by atoms with E-state index in [-0.39, 0.29) is 30.9 Å². The van der Waals surface area contributed by atoms with Gasteiger partial charge in [-0.05, 0) is 84.6 Å². The Morgan fingerprint density at radius 2 is 1.45 bits per heavy atom. The molecule has 3 atom stereocenters. The lowest BCUT2D eigenvalue weighted by molar-refractivity contribution is -0.159. The van der Waals surface area contributed by atoms with Crippen molar-refractivity contribution in [2.75, 3.05) is 11.9 Å². The molecule has 5 N–H and O–H groups in total. The third-order valence-corrected chi connectivity index (χ3v) is 6.35. The van der Waals surface area contributed by atoms with Gasteiger partial charge in [0.05, 0.1) is 18.2 Å². The summed E-state index contributed by atoms with van der Waals surface area (Å²) in [4.78, 5) is 62.4. The van der Waals surface area contributed by atoms with Gasteiger partial charge in [-0.15, -0.1) is 0 Å². The summed E-state index contributed by atoms with van der Waals surface area (Å²) in [5.41, 5.74) is 0.0800. The summed E-state index contributed by atoms with van der Waals surface area (Å²) in [5, 5.41) is 20.6. The van der Waals surface area contributed by atoms with Gasteiger partial charge in [-0.1, -0.05) is 43.3 Å². The van der Waals surface area contributed by atoms with Crippen LogP contribution in [0.2, 0.25) is 0 Å². The smallest absolute Gasteiger partial charge is 0.408 e. The predicted molar refractivity (Wildman–Crippen MR) is 175 cm³/mol. The molecule has 0 saturated heterocycles. The van der Waals surface area contributed by atoms with Crippen LogP contribution < -0.4 is 21.3 Å². The van der Waals surface area contributed by atoms with E-state index in [9.17, 15) is 29.1 Å². The maximum Gasteiger partial charge on any atom is 0.408 e. The molecule has 2 aromatic rings. The number of alkyl carbamates (subject to hydrolysis) is 2. The molecule has 0 aliphatic heterocycles. The lowest BCUT2D eigenvalue weighted by atomic mass is 9.95. The summed E-state index contributed by atoms with van der Waals surface area (Å²) in [6, 6.07) is 12.0. The van der Waals surface area contributed by atoms with Gasteiger partial charge in [-0.3, -0.25) is 14.4 Å². The van der Waals surface area contributed by atoms with Crippen molar-refractivity contribution in [3.63, 3.8) is 0 Å². The quantitative estimate of drug-likeness (QED) is 0.117. The molecule has 0 heterocycles. The fourth-order valence-corrected chi connectivity index (χ4v) is 4.21. The minimum absolute atomic E-state index is 0.0343. The van der Waals surface area contributed by atoms with E-state index in [1.807, 2.05) is 18.2 Å². The van der Waals surface area contributed by atoms with Crippen LogP contribution in [0.1, 0.15) is 72.9 Å². The number of phenols is 1. The molecule has 47 heavy (non-hydrogen) atoms. The SMILES string of the molecule is CC(C[C@H](Cc1ccc(O)c(NC(=O)CNC(=O)C(C)NC(=O)OCc2ccccc2)c1)NC(=O)OC(C)(C)C)C(=O)OC(C)(C)C. The van der Waals surface area contributed by atoms with Gasteiger partial charge < -0.3 is 40.6 Å². The minimum atomic E-state index is -0.986. The molecule has 0 radical (unpaired) electrons. The number of benzene rings is 2. The molecule has 0 fully saturated rings. The van der Waals surface area contributed by atoms with E-state index in [0.29, 0.717) is 5.56 Å². The van der Waals surface area contributed by atoms with Crippen molar-refractivity contribution in [3.05, 3.63) is 59.7 Å². The van der Waals surface area contributed by atoms with Crippen LogP contribution in [-0.4, -0.2) is 64.9 Å². The van der Waals surface area contributed by atoms with Crippen LogP contribution in [0, 0.1) is 5.92 Å². The summed E-state index contributed by atoms with van der Waals surface area (Å²) in [5.74, 6) is -2.44. The van der Waals surface area contributed by atoms with Crippen molar-refractivity contribution in [1.29, 1.82) is 0 Å². The van der Waals surface area contributed by atoms with E-state index in [1.54, 1.807) is 66.7 Å². The normalized spacial score (nSPS) is 13.3. The van der Waals surface area contributed by atoms with E-state index < -0.39 is 65.7 Å². The van der Waals surface area contributed by atoms with Gasteiger partial charge in [-0.25, -0.2) is 9.59 Å². The Morgan fingerprint density at radius 3 is 2.06 bits per heavy atom. The standard InChI is InChI=1S/C34H48N4O9/c1-21(30(42)46-33(3,4)5)16-25(37-32(44)47-34(6,7)8)17-24-14-15-27(39)26(18-24)38-28(40)19-35-29(41)22(2)36-31(43)45-20-23-12-10-9-11-13-23/h9-15,18,21-22,25,39H,16-17,19-20H2,1-8H3,(H,35,41)(H,36,43)(H,37,44)(H,38,40)/t21?,22?,25-/m1/s1. The third-order valence-electron chi connectivity index (χ3n) is 6.35. The van der Waals surface area contributed by atoms with Gasteiger partial charge in [0.25, 0.3) is 0 Å². The molecule has 258 valence electrons. The highest BCUT2D eigenvalue weighted by molar-refractivity contribution is 5.96. The van der Waals surface area contributed by atoms with Crippen molar-refractivity contribution in [2.45, 2.75) is 98.1 Å². The Hall–Kier alpha value is -4.81. The molecule has 13 nitrogen and oxygen atoms in total. The Kier molecular flexibility index (Phi) is 14.0. The number of aromatic hydroxyl groups is 1. The molecule has 2 rings (SSSR count). The van der Waals surface area contributed by atoms with Crippen molar-refractivity contribution >= 4 is 35.7 Å². The zero-order valence-corrected chi connectivity index (χ0v) is 28.4. The van der Waals surface area contributed by atoms with Crippen molar-refractivity contribution in [3.8, 4) is 5.75 Å². The average molecular weight is 657 g/mol. The topological polar surface area (TPSA) is 181 Å². The third kappa shape index (κ3) is 15.4. The Balaban J connectivity index is 2.00. The number of esters is 1. The lowest BCUT2D eigenvalue weighted by Crippen LogP contribution is -2.46. The molecule has 0 aromatic heterocycles. The Bertz CT molecular complexity index is 1380. The number of hydrogen-bond acceptors (Lipinski definition) is 9. The molecule has 0 bridgehead atoms. The van der Waals surface area contributed by atoms with Crippen LogP contribution in [0.4, 0.5) is 15.3 Å². The fourth-order valence-electron chi connectivity index (χ4n) is 4.21. The number of rotatable bonds is 13. The number of anilines is 1. The molecule has 0 aliphatic carbocycles. The van der Waals surface area contributed by atoms with E-state index in [4.69, 9.17) is 14.2 Å². The first kappa shape index (κ1) is 38.4. The number of phenolic OH excluding ortho intramolecular Hbond substituents is 1. The van der Waals surface area contributed by atoms with Gasteiger partial charge in [-0.2, -0.15) is 0 Å². The summed E-state index contributed by atoms with van der Waals surface area (Å²) in [6.45, 7) is 13.3. The number of hydrogen-bond donors (Lipinski definition) is 5. The zero-order valence-electron chi connectivity index (χ0n) is 28.4. The van der Waals surface area contributed by atoms with Crippen LogP contribution >= 0.6 is 0 Å². The zero-order chi connectivity index (χ0) is 35.4. The van der Waals surface area contributed by atoms with Gasteiger partial charge in [0, 0.05) is 6.04 Å². The first-order valence-corrected chi connectivity index (χ1v) is 15.4. The van der Waals surface area contributed by atoms with Crippen LogP contribution in [0.5, 0.6) is 5.75 Å². The molecular weight excluding hydrogens is 608 g/mol. The molecule has 2 unspecified atom stereocenters. The van der Waals surface area contributed by atoms with E-state index in [2.05, 4.69) is 21.3 Å². The summed E-state index contributed by atoms with van der Waals surface area (Å²) in [6.07, 6.45) is -0.984. The maximum atomic E-state index is 12.7. The van der Waals surface area contributed by atoms with E-state index >= 15 is 0 Å². The fraction of sp³-hybridized carbons (Fsp3) is 0.500. The average Bonchev–Trinajstić information content (AvgIpc) is 2.95. The van der Waals surface area contributed by atoms with E-state index in [1.165, 1.54) is 19.1 Å². The van der Waals surface area contributed by atoms with Gasteiger partial charge in [0.15, 0.2) is 0 Å². The minimum Gasteiger partial charge on any atom is -0.506 e. The number of carbonyl (C=O) groups is 5. The monoisotopic (exact) mass is 656 g/mol. The maximum absolute atomic E-state index is 12.7. The molecule has 2 aromatic carbocycles. The second-order valence-corrected chi connectivity index (χ2v) is 13.3. The van der Waals surface area contributed by atoms with Crippen LogP contribution in [0.15, 0.2) is 48.5 Å². The van der Waals surface area contributed by atoms with Crippen LogP contribution in [0.3, 0.4) is 0 Å². The van der Waals surface area contributed by atoms with Crippen LogP contribution in [0.25, 0.3) is 0 Å². The van der Waals surface area contributed by atoms with Crippen LogP contribution in [-0.2, 0) is 41.6 Å². The van der Waals surface area contributed by atoms with Crippen molar-refractivity contribution < 1.29 is 43.3 Å². The molecule has 0 aliphatic rings. The largest absolute Gasteiger partial charge is 0.506 e. The van der Waals surface area contributed by atoms with E-state index in [0.717, 1.165) is 5.56 Å². The molecule has 4 amide bonds. The summed E-state index contributed by atoms with van der Waals surface area (Å²) >= 11 is 0. The lowest BCUT2D eigenvalue weighted by Gasteiger charge is -2.27.